The fraction of sp³-hybridized carbons (Fsp3) is 1.00. The summed E-state index contributed by atoms with van der Waals surface area (Å²) < 4.78 is 35.2. The molecule has 0 aromatic carbocycles. The molecular weight excluding hydrogens is 193 g/mol. The predicted molar refractivity (Wildman–Crippen MR) is 51.3 cm³/mol. The SMILES string of the molecule is CN(CCNCC(F)(F)F)C(C)(C)C. The van der Waals surface area contributed by atoms with Crippen LogP contribution in [0, 0.1) is 0 Å². The maximum absolute atomic E-state index is 11.7. The number of nitrogens with zero attached hydrogens (tertiary/aromatic N) is 1. The monoisotopic (exact) mass is 212 g/mol. The van der Waals surface area contributed by atoms with E-state index in [9.17, 15) is 13.2 Å². The van der Waals surface area contributed by atoms with Gasteiger partial charge in [-0.3, -0.25) is 0 Å². The van der Waals surface area contributed by atoms with Crippen LogP contribution >= 0.6 is 0 Å². The van der Waals surface area contributed by atoms with E-state index >= 15 is 0 Å². The fourth-order valence-electron chi connectivity index (χ4n) is 0.812. The maximum Gasteiger partial charge on any atom is 0.401 e. The molecule has 0 amide bonds. The van der Waals surface area contributed by atoms with Crippen molar-refractivity contribution in [2.75, 3.05) is 26.7 Å². The van der Waals surface area contributed by atoms with E-state index in [0.717, 1.165) is 0 Å². The third-order valence-electron chi connectivity index (χ3n) is 2.09. The van der Waals surface area contributed by atoms with Crippen LogP contribution < -0.4 is 5.32 Å². The van der Waals surface area contributed by atoms with Crippen molar-refractivity contribution in [2.45, 2.75) is 32.5 Å². The van der Waals surface area contributed by atoms with Crippen molar-refractivity contribution in [3.05, 3.63) is 0 Å². The van der Waals surface area contributed by atoms with Crippen LogP contribution in [0.15, 0.2) is 0 Å². The smallest absolute Gasteiger partial charge is 0.307 e. The Morgan fingerprint density at radius 1 is 1.14 bits per heavy atom. The van der Waals surface area contributed by atoms with Gasteiger partial charge >= 0.3 is 6.18 Å². The Morgan fingerprint density at radius 2 is 1.64 bits per heavy atom. The van der Waals surface area contributed by atoms with E-state index in [-0.39, 0.29) is 5.54 Å². The molecule has 0 unspecified atom stereocenters. The van der Waals surface area contributed by atoms with Gasteiger partial charge in [0.05, 0.1) is 6.54 Å². The average Bonchev–Trinajstić information content (AvgIpc) is 1.93. The van der Waals surface area contributed by atoms with Crippen molar-refractivity contribution in [1.29, 1.82) is 0 Å². The van der Waals surface area contributed by atoms with E-state index in [1.807, 2.05) is 32.7 Å². The van der Waals surface area contributed by atoms with Crippen molar-refractivity contribution in [2.24, 2.45) is 0 Å². The minimum absolute atomic E-state index is 0.0000868. The first kappa shape index (κ1) is 13.7. The van der Waals surface area contributed by atoms with Crippen LogP contribution in [0.3, 0.4) is 0 Å². The van der Waals surface area contributed by atoms with E-state index < -0.39 is 12.7 Å². The molecule has 0 fully saturated rings. The lowest BCUT2D eigenvalue weighted by Gasteiger charge is -2.31. The van der Waals surface area contributed by atoms with Gasteiger partial charge in [0.25, 0.3) is 0 Å². The van der Waals surface area contributed by atoms with E-state index in [0.29, 0.717) is 13.1 Å². The van der Waals surface area contributed by atoms with Crippen LogP contribution in [0.2, 0.25) is 0 Å². The molecule has 0 bridgehead atoms. The molecule has 2 nitrogen and oxygen atoms in total. The third kappa shape index (κ3) is 7.15. The van der Waals surface area contributed by atoms with Gasteiger partial charge < -0.3 is 10.2 Å². The highest BCUT2D eigenvalue weighted by Gasteiger charge is 2.26. The normalized spacial score (nSPS) is 13.7. The molecule has 0 radical (unpaired) electrons. The number of hydrogen-bond acceptors (Lipinski definition) is 2. The summed E-state index contributed by atoms with van der Waals surface area (Å²) in [5.41, 5.74) is -0.0000868. The van der Waals surface area contributed by atoms with Crippen molar-refractivity contribution in [1.82, 2.24) is 10.2 Å². The molecule has 0 saturated heterocycles. The van der Waals surface area contributed by atoms with Crippen molar-refractivity contribution in [3.8, 4) is 0 Å². The lowest BCUT2D eigenvalue weighted by Crippen LogP contribution is -2.43. The number of likely N-dealkylation sites (N-methyl/N-ethyl adjacent to an activating group) is 1. The standard InChI is InChI=1S/C9H19F3N2/c1-8(2,3)14(4)6-5-13-7-9(10,11)12/h13H,5-7H2,1-4H3. The van der Waals surface area contributed by atoms with Gasteiger partial charge in [-0.05, 0) is 27.8 Å². The molecule has 0 aliphatic rings. The Bertz CT molecular complexity index is 160. The molecule has 0 aliphatic carbocycles. The molecule has 14 heavy (non-hydrogen) atoms. The molecule has 5 heteroatoms. The van der Waals surface area contributed by atoms with E-state index in [2.05, 4.69) is 5.32 Å². The van der Waals surface area contributed by atoms with E-state index in [4.69, 9.17) is 0 Å². The quantitative estimate of drug-likeness (QED) is 0.716. The van der Waals surface area contributed by atoms with Crippen LogP contribution in [0.4, 0.5) is 13.2 Å². The second-order valence-corrected chi connectivity index (χ2v) is 4.38. The van der Waals surface area contributed by atoms with Gasteiger partial charge in [-0.15, -0.1) is 0 Å². The molecule has 0 saturated carbocycles. The highest BCUT2D eigenvalue weighted by Crippen LogP contribution is 2.12. The minimum atomic E-state index is -4.11. The first-order chi connectivity index (χ1) is 6.13. The maximum atomic E-state index is 11.7. The summed E-state index contributed by atoms with van der Waals surface area (Å²) in [4.78, 5) is 2.01. The highest BCUT2D eigenvalue weighted by molar-refractivity contribution is 4.73. The Balaban J connectivity index is 3.56. The molecule has 86 valence electrons. The predicted octanol–water partition coefficient (Wildman–Crippen LogP) is 1.87. The average molecular weight is 212 g/mol. The van der Waals surface area contributed by atoms with Crippen LogP contribution in [-0.4, -0.2) is 43.3 Å². The number of alkyl halides is 3. The largest absolute Gasteiger partial charge is 0.401 e. The zero-order valence-corrected chi connectivity index (χ0v) is 9.20. The van der Waals surface area contributed by atoms with Gasteiger partial charge in [0, 0.05) is 18.6 Å². The van der Waals surface area contributed by atoms with Crippen molar-refractivity contribution >= 4 is 0 Å². The van der Waals surface area contributed by atoms with Crippen LogP contribution in [0.25, 0.3) is 0 Å². The van der Waals surface area contributed by atoms with Crippen molar-refractivity contribution in [3.63, 3.8) is 0 Å². The molecule has 0 aromatic heterocycles. The van der Waals surface area contributed by atoms with E-state index in [1.165, 1.54) is 0 Å². The Kier molecular flexibility index (Phi) is 4.88. The molecule has 1 N–H and O–H groups in total. The summed E-state index contributed by atoms with van der Waals surface area (Å²) >= 11 is 0. The molecule has 0 aliphatic heterocycles. The summed E-state index contributed by atoms with van der Waals surface area (Å²) in [7, 11) is 1.90. The summed E-state index contributed by atoms with van der Waals surface area (Å²) in [5, 5.41) is 2.36. The molecule has 0 aromatic rings. The second kappa shape index (κ2) is 4.98. The number of rotatable bonds is 4. The van der Waals surface area contributed by atoms with Crippen LogP contribution in [-0.2, 0) is 0 Å². The van der Waals surface area contributed by atoms with Gasteiger partial charge in [-0.25, -0.2) is 0 Å². The van der Waals surface area contributed by atoms with E-state index in [1.54, 1.807) is 0 Å². The van der Waals surface area contributed by atoms with Gasteiger partial charge in [-0.1, -0.05) is 0 Å². The van der Waals surface area contributed by atoms with Gasteiger partial charge in [0.1, 0.15) is 0 Å². The molecule has 0 heterocycles. The summed E-state index contributed by atoms with van der Waals surface area (Å²) in [6.45, 7) is 6.13. The van der Waals surface area contributed by atoms with Gasteiger partial charge in [-0.2, -0.15) is 13.2 Å². The lowest BCUT2D eigenvalue weighted by molar-refractivity contribution is -0.124. The first-order valence-corrected chi connectivity index (χ1v) is 4.61. The topological polar surface area (TPSA) is 15.3 Å². The molecule has 0 spiro atoms. The molecule has 0 rings (SSSR count). The van der Waals surface area contributed by atoms with Crippen LogP contribution in [0.1, 0.15) is 20.8 Å². The number of nitrogens with one attached hydrogen (secondary N) is 1. The molecule has 0 atom stereocenters. The Labute approximate surface area is 83.5 Å². The summed E-state index contributed by atoms with van der Waals surface area (Å²) in [6, 6.07) is 0. The number of hydrogen-bond donors (Lipinski definition) is 1. The molecular formula is C9H19F3N2. The van der Waals surface area contributed by atoms with Gasteiger partial charge in [0.2, 0.25) is 0 Å². The van der Waals surface area contributed by atoms with Crippen molar-refractivity contribution < 1.29 is 13.2 Å². The zero-order valence-electron chi connectivity index (χ0n) is 9.20. The minimum Gasteiger partial charge on any atom is -0.307 e. The number of halogens is 3. The van der Waals surface area contributed by atoms with Gasteiger partial charge in [0.15, 0.2) is 0 Å². The summed E-state index contributed by atoms with van der Waals surface area (Å²) in [6.07, 6.45) is -4.11. The fourth-order valence-corrected chi connectivity index (χ4v) is 0.812. The third-order valence-corrected chi connectivity index (χ3v) is 2.09. The Hall–Kier alpha value is -0.290. The lowest BCUT2D eigenvalue weighted by atomic mass is 10.1. The Morgan fingerprint density at radius 3 is 2.00 bits per heavy atom. The van der Waals surface area contributed by atoms with Crippen LogP contribution in [0.5, 0.6) is 0 Å². The zero-order chi connectivity index (χ0) is 11.4. The highest BCUT2D eigenvalue weighted by atomic mass is 19.4. The summed E-state index contributed by atoms with van der Waals surface area (Å²) in [5.74, 6) is 0. The first-order valence-electron chi connectivity index (χ1n) is 4.61. The second-order valence-electron chi connectivity index (χ2n) is 4.38.